The van der Waals surface area contributed by atoms with Crippen LogP contribution in [0.3, 0.4) is 0 Å². The zero-order valence-corrected chi connectivity index (χ0v) is 27.4. The SMILES string of the molecule is [B]C(C)(P)c1nc(COC(C)=O)cc(C(=O)N2CCC(N3CC(CC#N)(n4cc(-c5ncnc6c5ccn6CC)cn4)C3)CC2)n1. The predicted molar refractivity (Wildman–Crippen MR) is 173 cm³/mol. The number of nitrogens with zero attached hydrogens (tertiary/aromatic N) is 10. The van der Waals surface area contributed by atoms with Crippen LogP contribution in [-0.2, 0) is 33.3 Å². The maximum Gasteiger partial charge on any atom is 0.303 e. The molecular weight excluding hydrogens is 602 g/mol. The van der Waals surface area contributed by atoms with Crippen LogP contribution in [0.5, 0.6) is 0 Å². The number of ether oxygens (including phenoxy) is 1. The first-order chi connectivity index (χ1) is 22.0. The molecule has 0 aliphatic carbocycles. The molecule has 2 unspecified atom stereocenters. The van der Waals surface area contributed by atoms with Gasteiger partial charge in [-0.25, -0.2) is 19.9 Å². The Balaban J connectivity index is 1.12. The maximum absolute atomic E-state index is 13.5. The van der Waals surface area contributed by atoms with Crippen LogP contribution in [0.15, 0.2) is 37.1 Å². The Morgan fingerprint density at radius 1 is 1.24 bits per heavy atom. The average molecular weight is 638 g/mol. The molecule has 0 bridgehead atoms. The lowest BCUT2D eigenvalue weighted by molar-refractivity contribution is -0.142. The molecule has 13 nitrogen and oxygen atoms in total. The number of rotatable bonds is 9. The number of hydrogen-bond donors (Lipinski definition) is 0. The molecule has 4 aromatic heterocycles. The van der Waals surface area contributed by atoms with Crippen LogP contribution >= 0.6 is 9.24 Å². The third kappa shape index (κ3) is 6.14. The quantitative estimate of drug-likeness (QED) is 0.152. The molecule has 2 saturated heterocycles. The molecule has 2 aliphatic heterocycles. The van der Waals surface area contributed by atoms with E-state index in [2.05, 4.69) is 51.6 Å². The first kappa shape index (κ1) is 31.8. The van der Waals surface area contributed by atoms with Gasteiger partial charge in [-0.1, -0.05) is 6.92 Å². The minimum Gasteiger partial charge on any atom is -0.459 e. The fourth-order valence-electron chi connectivity index (χ4n) is 6.34. The highest BCUT2D eigenvalue weighted by atomic mass is 31.0. The molecule has 0 N–H and O–H groups in total. The number of esters is 1. The number of carbonyl (C=O) groups is 2. The molecule has 6 rings (SSSR count). The van der Waals surface area contributed by atoms with E-state index in [4.69, 9.17) is 17.7 Å². The Morgan fingerprint density at radius 3 is 2.67 bits per heavy atom. The molecule has 0 aromatic carbocycles. The van der Waals surface area contributed by atoms with Crippen LogP contribution in [0.2, 0.25) is 0 Å². The number of aromatic nitrogens is 7. The van der Waals surface area contributed by atoms with Crippen molar-refractivity contribution in [1.82, 2.24) is 44.1 Å². The highest BCUT2D eigenvalue weighted by Crippen LogP contribution is 2.37. The van der Waals surface area contributed by atoms with Gasteiger partial charge in [0.15, 0.2) is 0 Å². The maximum atomic E-state index is 13.5. The molecule has 2 atom stereocenters. The van der Waals surface area contributed by atoms with Crippen molar-refractivity contribution in [3.05, 3.63) is 54.3 Å². The summed E-state index contributed by atoms with van der Waals surface area (Å²) in [6, 6.07) is 6.25. The molecule has 2 radical (unpaired) electrons. The van der Waals surface area contributed by atoms with Crippen molar-refractivity contribution in [1.29, 1.82) is 5.26 Å². The lowest BCUT2D eigenvalue weighted by Gasteiger charge is -2.53. The second kappa shape index (κ2) is 12.5. The van der Waals surface area contributed by atoms with Gasteiger partial charge >= 0.3 is 5.97 Å². The molecular formula is C31H36BN10O3P. The van der Waals surface area contributed by atoms with Gasteiger partial charge in [0, 0.05) is 74.1 Å². The van der Waals surface area contributed by atoms with E-state index in [0.717, 1.165) is 41.7 Å². The predicted octanol–water partition coefficient (Wildman–Crippen LogP) is 2.61. The number of aryl methyl sites for hydroxylation is 1. The van der Waals surface area contributed by atoms with E-state index in [1.165, 1.54) is 6.92 Å². The zero-order chi connectivity index (χ0) is 32.6. The zero-order valence-electron chi connectivity index (χ0n) is 26.3. The van der Waals surface area contributed by atoms with Crippen molar-refractivity contribution < 1.29 is 14.3 Å². The molecule has 15 heteroatoms. The van der Waals surface area contributed by atoms with Gasteiger partial charge in [-0.3, -0.25) is 19.2 Å². The second-order valence-electron chi connectivity index (χ2n) is 12.4. The van der Waals surface area contributed by atoms with Gasteiger partial charge in [0.05, 0.1) is 37.9 Å². The summed E-state index contributed by atoms with van der Waals surface area (Å²) in [7, 11) is 8.69. The van der Waals surface area contributed by atoms with Gasteiger partial charge in [0.1, 0.15) is 35.6 Å². The summed E-state index contributed by atoms with van der Waals surface area (Å²) < 4.78 is 9.12. The van der Waals surface area contributed by atoms with Gasteiger partial charge in [-0.15, -0.1) is 9.24 Å². The summed E-state index contributed by atoms with van der Waals surface area (Å²) in [6.45, 7) is 8.40. The number of carbonyl (C=O) groups excluding carboxylic acids is 2. The van der Waals surface area contributed by atoms with E-state index in [0.29, 0.717) is 38.3 Å². The van der Waals surface area contributed by atoms with Crippen molar-refractivity contribution in [2.24, 2.45) is 0 Å². The topological polar surface area (TPSA) is 148 Å². The Morgan fingerprint density at radius 2 is 2.00 bits per heavy atom. The Labute approximate surface area is 271 Å². The van der Waals surface area contributed by atoms with Gasteiger partial charge in [0.25, 0.3) is 5.91 Å². The molecule has 0 spiro atoms. The molecule has 2 aliphatic rings. The Bertz CT molecular complexity index is 1810. The number of piperidine rings is 1. The summed E-state index contributed by atoms with van der Waals surface area (Å²) in [5.74, 6) is -0.371. The number of fused-ring (bicyclic) bond motifs is 1. The third-order valence-electron chi connectivity index (χ3n) is 8.81. The summed E-state index contributed by atoms with van der Waals surface area (Å²) in [5, 5.41) is 14.5. The van der Waals surface area contributed by atoms with Crippen LogP contribution in [0, 0.1) is 11.3 Å². The van der Waals surface area contributed by atoms with Gasteiger partial charge < -0.3 is 14.2 Å². The van der Waals surface area contributed by atoms with Crippen molar-refractivity contribution >= 4 is 40.0 Å². The van der Waals surface area contributed by atoms with E-state index in [1.807, 2.05) is 29.3 Å². The second-order valence-corrected chi connectivity index (χ2v) is 13.6. The molecule has 1 amide bonds. The smallest absolute Gasteiger partial charge is 0.303 e. The monoisotopic (exact) mass is 638 g/mol. The Hall–Kier alpha value is -4.21. The highest BCUT2D eigenvalue weighted by molar-refractivity contribution is 7.21. The van der Waals surface area contributed by atoms with E-state index in [-0.39, 0.29) is 30.1 Å². The first-order valence-corrected chi connectivity index (χ1v) is 15.9. The van der Waals surface area contributed by atoms with Crippen molar-refractivity contribution in [3.63, 3.8) is 0 Å². The number of amides is 1. The summed E-state index contributed by atoms with van der Waals surface area (Å²) in [5.41, 5.74) is 2.82. The van der Waals surface area contributed by atoms with E-state index in [9.17, 15) is 14.9 Å². The van der Waals surface area contributed by atoms with E-state index in [1.54, 1.807) is 24.2 Å². The van der Waals surface area contributed by atoms with Gasteiger partial charge in [-0.2, -0.15) is 10.4 Å². The normalized spacial score (nSPS) is 18.1. The minimum atomic E-state index is -0.959. The fourth-order valence-corrected chi connectivity index (χ4v) is 6.47. The molecule has 236 valence electrons. The molecule has 0 saturated carbocycles. The van der Waals surface area contributed by atoms with Crippen LogP contribution in [0.4, 0.5) is 0 Å². The molecule has 2 fully saturated rings. The molecule has 46 heavy (non-hydrogen) atoms. The van der Waals surface area contributed by atoms with Crippen molar-refractivity contribution in [2.75, 3.05) is 26.2 Å². The van der Waals surface area contributed by atoms with E-state index >= 15 is 0 Å². The lowest BCUT2D eigenvalue weighted by atomic mass is 9.83. The lowest BCUT2D eigenvalue weighted by Crippen LogP contribution is -2.66. The third-order valence-corrected chi connectivity index (χ3v) is 9.07. The number of likely N-dealkylation sites (tertiary alicyclic amines) is 2. The van der Waals surface area contributed by atoms with Gasteiger partial charge in [0.2, 0.25) is 0 Å². The summed E-state index contributed by atoms with van der Waals surface area (Å²) in [6.07, 6.45) is 9.34. The Kier molecular flexibility index (Phi) is 8.65. The van der Waals surface area contributed by atoms with Crippen LogP contribution in [0.25, 0.3) is 22.3 Å². The van der Waals surface area contributed by atoms with Crippen LogP contribution < -0.4 is 0 Å². The summed E-state index contributed by atoms with van der Waals surface area (Å²) >= 11 is 0. The largest absolute Gasteiger partial charge is 0.459 e. The van der Waals surface area contributed by atoms with Crippen molar-refractivity contribution in [3.8, 4) is 17.3 Å². The highest BCUT2D eigenvalue weighted by Gasteiger charge is 2.48. The minimum absolute atomic E-state index is 0.0686. The molecule has 4 aromatic rings. The van der Waals surface area contributed by atoms with E-state index < -0.39 is 16.6 Å². The first-order valence-electron chi connectivity index (χ1n) is 15.4. The number of hydrogen-bond acceptors (Lipinski definition) is 10. The van der Waals surface area contributed by atoms with Crippen LogP contribution in [-0.4, -0.2) is 96.0 Å². The van der Waals surface area contributed by atoms with Crippen LogP contribution in [0.1, 0.15) is 62.0 Å². The average Bonchev–Trinajstić information content (AvgIpc) is 3.69. The molecule has 6 heterocycles. The van der Waals surface area contributed by atoms with Gasteiger partial charge in [-0.05, 0) is 31.9 Å². The summed E-state index contributed by atoms with van der Waals surface area (Å²) in [4.78, 5) is 46.9. The fraction of sp³-hybridized carbons (Fsp3) is 0.484. The standard InChI is InChI=1S/C31H36BN10O3P/c1-4-39-12-7-24-26(34-19-35-27(24)39)21-14-36-42(15-21)31(8-9-33)17-41(18-31)23-5-10-40(11-6-23)28(44)25-13-22(16-45-20(2)43)37-29(38-25)30(3,32)46/h7,12-15,19,23H,4-6,8,10-11,16-18,46H2,1-3H3. The number of nitriles is 1. The van der Waals surface area contributed by atoms with Crippen molar-refractivity contribution in [2.45, 2.75) is 69.8 Å².